The van der Waals surface area contributed by atoms with Gasteiger partial charge in [-0.3, -0.25) is 23.2 Å². The zero-order chi connectivity index (χ0) is 53.7. The third-order valence-electron chi connectivity index (χ3n) is 16.6. The smallest absolute Gasteiger partial charge is 0.462 e. The van der Waals surface area contributed by atoms with Gasteiger partial charge < -0.3 is 33.5 Å². The van der Waals surface area contributed by atoms with Gasteiger partial charge >= 0.3 is 19.8 Å². The van der Waals surface area contributed by atoms with Crippen LogP contribution in [0.5, 0.6) is 0 Å². The van der Waals surface area contributed by atoms with Crippen molar-refractivity contribution in [1.82, 2.24) is 0 Å². The number of unbranched alkanes of at least 4 members (excludes halogenated alkanes) is 24. The molecule has 0 radical (unpaired) electrons. The van der Waals surface area contributed by atoms with E-state index in [9.17, 15) is 14.7 Å². The minimum Gasteiger partial charge on any atom is -0.462 e. The molecule has 1 N–H and O–H groups in total. The van der Waals surface area contributed by atoms with Crippen LogP contribution in [0.1, 0.15) is 269 Å². The zero-order valence-electron chi connectivity index (χ0n) is 47.2. The number of fused-ring (bicyclic) bond motifs is 2. The Bertz CT molecular complexity index is 1760. The van der Waals surface area contributed by atoms with Crippen molar-refractivity contribution in [2.45, 2.75) is 324 Å². The van der Waals surface area contributed by atoms with E-state index in [0.717, 1.165) is 88.2 Å². The summed E-state index contributed by atoms with van der Waals surface area (Å²) in [5, 5.41) is 12.5. The van der Waals surface area contributed by atoms with E-state index < -0.39 is 74.7 Å². The van der Waals surface area contributed by atoms with E-state index in [1.807, 2.05) is 24.3 Å². The van der Waals surface area contributed by atoms with Crippen LogP contribution < -0.4 is 0 Å². The summed E-state index contributed by atoms with van der Waals surface area (Å²) in [4.78, 5) is 26.8. The van der Waals surface area contributed by atoms with Crippen LogP contribution in [0.2, 0.25) is 0 Å². The number of alkyl halides is 1. The summed E-state index contributed by atoms with van der Waals surface area (Å²) in [5.74, 6) is -2.68. The quantitative estimate of drug-likeness (QED) is 0.0287. The Morgan fingerprint density at radius 1 is 0.566 bits per heavy atom. The van der Waals surface area contributed by atoms with Gasteiger partial charge in [0.2, 0.25) is 0 Å². The van der Waals surface area contributed by atoms with Gasteiger partial charge in [-0.1, -0.05) is 221 Å². The Morgan fingerprint density at radius 2 is 0.974 bits per heavy atom. The molecule has 0 bridgehead atoms. The maximum absolute atomic E-state index is 15.6. The van der Waals surface area contributed by atoms with Gasteiger partial charge in [0.1, 0.15) is 43.2 Å². The number of esters is 2. The van der Waals surface area contributed by atoms with E-state index in [0.29, 0.717) is 43.9 Å². The predicted octanol–water partition coefficient (Wildman–Crippen LogP) is 16.3. The van der Waals surface area contributed by atoms with Gasteiger partial charge in [0.15, 0.2) is 17.7 Å². The summed E-state index contributed by atoms with van der Waals surface area (Å²) in [6, 6.07) is 7.66. The highest BCUT2D eigenvalue weighted by atomic mass is 79.9. The van der Waals surface area contributed by atoms with E-state index in [1.165, 1.54) is 116 Å². The lowest BCUT2D eigenvalue weighted by Gasteiger charge is -2.41. The molecule has 436 valence electrons. The third kappa shape index (κ3) is 21.5. The highest BCUT2D eigenvalue weighted by molar-refractivity contribution is 9.08. The topological polar surface area (TPSA) is 155 Å². The van der Waals surface area contributed by atoms with E-state index in [2.05, 4.69) is 29.8 Å². The minimum absolute atomic E-state index is 0.128. The number of carbonyl (C=O) groups is 2. The summed E-state index contributed by atoms with van der Waals surface area (Å²) in [6.07, 6.45) is 33.2. The molecule has 15 heteroatoms. The molecule has 8 atom stereocenters. The molecular formula is C61H102BrO13P. The zero-order valence-corrected chi connectivity index (χ0v) is 49.7. The van der Waals surface area contributed by atoms with E-state index in [1.54, 1.807) is 0 Å². The molecule has 2 saturated heterocycles. The summed E-state index contributed by atoms with van der Waals surface area (Å²) in [7, 11) is -4.64. The number of hydrogen-bond donors (Lipinski definition) is 1. The maximum Gasteiger partial charge on any atom is 0.475 e. The van der Waals surface area contributed by atoms with Gasteiger partial charge in [0.25, 0.3) is 0 Å². The number of phosphoric ester groups is 1. The van der Waals surface area contributed by atoms with Crippen molar-refractivity contribution >= 4 is 35.7 Å². The molecule has 3 unspecified atom stereocenters. The second-order valence-corrected chi connectivity index (χ2v) is 25.2. The lowest BCUT2D eigenvalue weighted by molar-refractivity contribution is -0.223. The van der Waals surface area contributed by atoms with Crippen LogP contribution in [0.4, 0.5) is 0 Å². The molecule has 0 aromatic heterocycles. The Kier molecular flexibility index (Phi) is 29.7. The van der Waals surface area contributed by atoms with Crippen molar-refractivity contribution in [3.8, 4) is 0 Å². The normalized spacial score (nSPS) is 24.8. The fourth-order valence-electron chi connectivity index (χ4n) is 12.1. The molecule has 3 aliphatic carbocycles. The Labute approximate surface area is 467 Å². The summed E-state index contributed by atoms with van der Waals surface area (Å²) >= 11 is 3.58. The fraction of sp³-hybridized carbons (Fsp3) is 0.869. The molecule has 1 aromatic rings. The fourth-order valence-corrected chi connectivity index (χ4v) is 14.0. The number of ether oxygens (including phenoxy) is 6. The average Bonchev–Trinajstić information content (AvgIpc) is 4.00. The van der Waals surface area contributed by atoms with Crippen LogP contribution in [0.15, 0.2) is 24.3 Å². The standard InChI is InChI=1S/C61H102BrO13P/c1-3-5-7-9-11-13-15-17-19-21-23-25-29-39-52(63)67-47-51(70-53(64)40-30-26-24-22-20-18-16-14-12-10-8-6-4-2)48-69-76(66,68-46-50-38-32-31-37-49(50)45-62)75-59-57-55(71-60(73-57)41-33-27-34-42-60)54(65)56-58(59)74-61(72-56)43-35-28-36-44-61/h31-32,37-38,51,54-59,65H,3-30,33-36,39-48H2,1-2H3/t51-,54?,55-,56+,57+,58+,59?,76?/m1/s1. The van der Waals surface area contributed by atoms with Gasteiger partial charge in [0.05, 0.1) is 13.2 Å². The first-order valence-corrected chi connectivity index (χ1v) is 33.6. The number of aliphatic hydroxyl groups is 1. The van der Waals surface area contributed by atoms with Gasteiger partial charge in [-0.15, -0.1) is 0 Å². The molecular weight excluding hydrogens is 1050 g/mol. The Morgan fingerprint density at radius 3 is 1.42 bits per heavy atom. The summed E-state index contributed by atoms with van der Waals surface area (Å²) < 4.78 is 73.7. The molecule has 2 heterocycles. The highest BCUT2D eigenvalue weighted by Crippen LogP contribution is 2.58. The predicted molar refractivity (Wildman–Crippen MR) is 301 cm³/mol. The number of benzene rings is 1. The Hall–Kier alpha value is -1.45. The lowest BCUT2D eigenvalue weighted by atomic mass is 9.85. The average molecular weight is 1150 g/mol. The summed E-state index contributed by atoms with van der Waals surface area (Å²) in [6.45, 7) is 3.67. The van der Waals surface area contributed by atoms with Crippen LogP contribution in [0.25, 0.3) is 0 Å². The van der Waals surface area contributed by atoms with Crippen LogP contribution in [0.3, 0.4) is 0 Å². The van der Waals surface area contributed by atoms with Crippen molar-refractivity contribution in [3.05, 3.63) is 35.4 Å². The van der Waals surface area contributed by atoms with Gasteiger partial charge in [-0.2, -0.15) is 0 Å². The Balaban J connectivity index is 1.09. The number of rotatable bonds is 40. The lowest BCUT2D eigenvalue weighted by Crippen LogP contribution is -2.62. The van der Waals surface area contributed by atoms with Crippen molar-refractivity contribution in [2.75, 3.05) is 13.2 Å². The van der Waals surface area contributed by atoms with E-state index in [4.69, 9.17) is 42.0 Å². The maximum atomic E-state index is 15.6. The minimum atomic E-state index is -4.64. The molecule has 2 aliphatic heterocycles. The molecule has 0 amide bonds. The molecule has 76 heavy (non-hydrogen) atoms. The SMILES string of the molecule is CCCCCCCCCCCCCCCC(=O)OC[C@H](COP(=O)(OCc1ccccc1CBr)OC1[C@H]2OC3(CCCCC3)O[C@@H]2C(O)[C@@H]2OC3(CCCCC3)O[C@H]12)OC(=O)CCCCCCCCCCCCCCC. The van der Waals surface area contributed by atoms with Crippen molar-refractivity contribution in [3.63, 3.8) is 0 Å². The first-order chi connectivity index (χ1) is 37.1. The molecule has 2 spiro atoms. The second-order valence-electron chi connectivity index (χ2n) is 23.0. The first-order valence-electron chi connectivity index (χ1n) is 31.1. The van der Waals surface area contributed by atoms with Crippen LogP contribution in [-0.4, -0.2) is 84.6 Å². The monoisotopic (exact) mass is 1150 g/mol. The second kappa shape index (κ2) is 35.4. The van der Waals surface area contributed by atoms with Crippen molar-refractivity contribution in [1.29, 1.82) is 0 Å². The molecule has 3 saturated carbocycles. The van der Waals surface area contributed by atoms with Crippen molar-refractivity contribution in [2.24, 2.45) is 0 Å². The van der Waals surface area contributed by atoms with Crippen LogP contribution >= 0.6 is 23.8 Å². The number of carbonyl (C=O) groups excluding carboxylic acids is 2. The van der Waals surface area contributed by atoms with E-state index in [-0.39, 0.29) is 32.0 Å². The first kappa shape index (κ1) is 63.7. The van der Waals surface area contributed by atoms with Gasteiger partial charge in [-0.25, -0.2) is 4.57 Å². The molecule has 1 aromatic carbocycles. The number of phosphoric acid groups is 1. The number of hydrogen-bond acceptors (Lipinski definition) is 13. The molecule has 6 rings (SSSR count). The van der Waals surface area contributed by atoms with Crippen LogP contribution in [-0.2, 0) is 68.1 Å². The summed E-state index contributed by atoms with van der Waals surface area (Å²) in [5.41, 5.74) is 1.71. The van der Waals surface area contributed by atoms with Gasteiger partial charge in [-0.05, 0) is 49.7 Å². The van der Waals surface area contributed by atoms with Gasteiger partial charge in [0, 0.05) is 43.9 Å². The number of halogens is 1. The van der Waals surface area contributed by atoms with Crippen LogP contribution in [0, 0.1) is 0 Å². The largest absolute Gasteiger partial charge is 0.475 e. The highest BCUT2D eigenvalue weighted by Gasteiger charge is 2.67. The molecule has 13 nitrogen and oxygen atoms in total. The molecule has 5 fully saturated rings. The van der Waals surface area contributed by atoms with E-state index >= 15 is 4.57 Å². The third-order valence-corrected chi connectivity index (χ3v) is 18.6. The molecule has 5 aliphatic rings. The van der Waals surface area contributed by atoms with Crippen molar-refractivity contribution < 1.29 is 61.3 Å². The number of aliphatic hydroxyl groups excluding tert-OH is 1.